The molecule has 0 bridgehead atoms. The van der Waals surface area contributed by atoms with Crippen LogP contribution in [0.5, 0.6) is 0 Å². The zero-order valence-electron chi connectivity index (χ0n) is 10.2. The molecule has 2 rings (SSSR count). The van der Waals surface area contributed by atoms with Gasteiger partial charge in [-0.15, -0.1) is 0 Å². The van der Waals surface area contributed by atoms with Crippen LogP contribution in [-0.2, 0) is 4.79 Å². The molecule has 2 N–H and O–H groups in total. The number of benzene rings is 1. The van der Waals surface area contributed by atoms with E-state index < -0.39 is 0 Å². The van der Waals surface area contributed by atoms with Crippen molar-refractivity contribution in [3.8, 4) is 0 Å². The SMILES string of the molecule is CC(NC(=O)C1CCCN1)c1ccc(F)cc1Cl. The molecule has 0 aromatic heterocycles. The van der Waals surface area contributed by atoms with E-state index in [4.69, 9.17) is 11.6 Å². The molecule has 5 heteroatoms. The highest BCUT2D eigenvalue weighted by molar-refractivity contribution is 6.31. The number of hydrogen-bond donors (Lipinski definition) is 2. The van der Waals surface area contributed by atoms with Crippen molar-refractivity contribution in [1.29, 1.82) is 0 Å². The fraction of sp³-hybridized carbons (Fsp3) is 0.462. The Hall–Kier alpha value is -1.13. The minimum absolute atomic E-state index is 0.0274. The molecule has 98 valence electrons. The Balaban J connectivity index is 2.02. The number of hydrogen-bond acceptors (Lipinski definition) is 2. The van der Waals surface area contributed by atoms with Gasteiger partial charge in [-0.2, -0.15) is 0 Å². The van der Waals surface area contributed by atoms with Crippen molar-refractivity contribution in [1.82, 2.24) is 10.6 Å². The summed E-state index contributed by atoms with van der Waals surface area (Å²) in [5, 5.41) is 6.36. The summed E-state index contributed by atoms with van der Waals surface area (Å²) in [4.78, 5) is 11.9. The second kappa shape index (κ2) is 5.67. The smallest absolute Gasteiger partial charge is 0.237 e. The van der Waals surface area contributed by atoms with Crippen molar-refractivity contribution in [2.75, 3.05) is 6.54 Å². The first-order chi connectivity index (χ1) is 8.58. The van der Waals surface area contributed by atoms with Gasteiger partial charge in [-0.05, 0) is 44.0 Å². The molecular weight excluding hydrogens is 255 g/mol. The van der Waals surface area contributed by atoms with Crippen LogP contribution in [0.4, 0.5) is 4.39 Å². The van der Waals surface area contributed by atoms with Gasteiger partial charge in [0.05, 0.1) is 12.1 Å². The van der Waals surface area contributed by atoms with Crippen LogP contribution in [0.25, 0.3) is 0 Å². The molecule has 1 aliphatic rings. The molecule has 0 aliphatic carbocycles. The minimum atomic E-state index is -0.375. The molecule has 2 unspecified atom stereocenters. The number of amides is 1. The average Bonchev–Trinajstić information content (AvgIpc) is 2.81. The van der Waals surface area contributed by atoms with E-state index >= 15 is 0 Å². The predicted octanol–water partition coefficient (Wildman–Crippen LogP) is 2.41. The summed E-state index contributed by atoms with van der Waals surface area (Å²) in [6, 6.07) is 3.86. The van der Waals surface area contributed by atoms with Crippen molar-refractivity contribution in [2.45, 2.75) is 31.8 Å². The molecule has 0 saturated carbocycles. The summed E-state index contributed by atoms with van der Waals surface area (Å²) in [5.41, 5.74) is 0.726. The van der Waals surface area contributed by atoms with E-state index in [1.807, 2.05) is 6.92 Å². The van der Waals surface area contributed by atoms with Gasteiger partial charge in [0.1, 0.15) is 5.82 Å². The highest BCUT2D eigenvalue weighted by atomic mass is 35.5. The van der Waals surface area contributed by atoms with E-state index in [1.54, 1.807) is 6.07 Å². The third kappa shape index (κ3) is 3.00. The number of nitrogens with one attached hydrogen (secondary N) is 2. The van der Waals surface area contributed by atoms with Crippen LogP contribution < -0.4 is 10.6 Å². The van der Waals surface area contributed by atoms with E-state index in [0.29, 0.717) is 5.02 Å². The van der Waals surface area contributed by atoms with Gasteiger partial charge < -0.3 is 10.6 Å². The first-order valence-electron chi connectivity index (χ1n) is 6.06. The second-order valence-corrected chi connectivity index (χ2v) is 4.95. The maximum Gasteiger partial charge on any atom is 0.237 e. The van der Waals surface area contributed by atoms with E-state index in [9.17, 15) is 9.18 Å². The first-order valence-corrected chi connectivity index (χ1v) is 6.44. The van der Waals surface area contributed by atoms with Gasteiger partial charge >= 0.3 is 0 Å². The van der Waals surface area contributed by atoms with Crippen LogP contribution in [-0.4, -0.2) is 18.5 Å². The normalized spacial score (nSPS) is 20.7. The van der Waals surface area contributed by atoms with Gasteiger partial charge in [0, 0.05) is 5.02 Å². The van der Waals surface area contributed by atoms with Crippen LogP contribution in [0, 0.1) is 5.82 Å². The minimum Gasteiger partial charge on any atom is -0.348 e. The van der Waals surface area contributed by atoms with Gasteiger partial charge in [0.2, 0.25) is 5.91 Å². The lowest BCUT2D eigenvalue weighted by molar-refractivity contribution is -0.123. The fourth-order valence-corrected chi connectivity index (χ4v) is 2.48. The summed E-state index contributed by atoms with van der Waals surface area (Å²) in [6.07, 6.45) is 1.87. The van der Waals surface area contributed by atoms with Crippen molar-refractivity contribution in [3.05, 3.63) is 34.6 Å². The number of rotatable bonds is 3. The Bertz CT molecular complexity index is 447. The molecule has 0 radical (unpaired) electrons. The maximum atomic E-state index is 12.9. The Morgan fingerprint density at radius 3 is 3.00 bits per heavy atom. The topological polar surface area (TPSA) is 41.1 Å². The molecule has 1 fully saturated rings. The quantitative estimate of drug-likeness (QED) is 0.886. The van der Waals surface area contributed by atoms with Crippen LogP contribution in [0.2, 0.25) is 5.02 Å². The molecule has 1 aliphatic heterocycles. The molecule has 0 spiro atoms. The van der Waals surface area contributed by atoms with Gasteiger partial charge in [0.15, 0.2) is 0 Å². The molecule has 1 aromatic rings. The van der Waals surface area contributed by atoms with Crippen molar-refractivity contribution in [2.24, 2.45) is 0 Å². The van der Waals surface area contributed by atoms with E-state index in [1.165, 1.54) is 12.1 Å². The number of carbonyl (C=O) groups excluding carboxylic acids is 1. The van der Waals surface area contributed by atoms with E-state index in [0.717, 1.165) is 24.9 Å². The number of carbonyl (C=O) groups is 1. The van der Waals surface area contributed by atoms with Crippen LogP contribution in [0.1, 0.15) is 31.4 Å². The van der Waals surface area contributed by atoms with Crippen LogP contribution >= 0.6 is 11.6 Å². The predicted molar refractivity (Wildman–Crippen MR) is 69.0 cm³/mol. The second-order valence-electron chi connectivity index (χ2n) is 4.55. The molecule has 1 heterocycles. The Kier molecular flexibility index (Phi) is 4.19. The van der Waals surface area contributed by atoms with E-state index in [2.05, 4.69) is 10.6 Å². The standard InChI is InChI=1S/C13H16ClFN2O/c1-8(10-5-4-9(15)7-11(10)14)17-13(18)12-3-2-6-16-12/h4-5,7-8,12,16H,2-3,6H2,1H3,(H,17,18). The molecule has 2 atom stereocenters. The summed E-state index contributed by atoms with van der Waals surface area (Å²) in [7, 11) is 0. The molecule has 1 aromatic carbocycles. The zero-order chi connectivity index (χ0) is 13.1. The largest absolute Gasteiger partial charge is 0.348 e. The average molecular weight is 271 g/mol. The van der Waals surface area contributed by atoms with Crippen molar-refractivity contribution >= 4 is 17.5 Å². The highest BCUT2D eigenvalue weighted by Gasteiger charge is 2.23. The van der Waals surface area contributed by atoms with E-state index in [-0.39, 0.29) is 23.8 Å². The van der Waals surface area contributed by atoms with Crippen LogP contribution in [0.3, 0.4) is 0 Å². The molecule has 1 saturated heterocycles. The molecule has 3 nitrogen and oxygen atoms in total. The summed E-state index contributed by atoms with van der Waals surface area (Å²) in [5.74, 6) is -0.403. The Morgan fingerprint density at radius 1 is 1.61 bits per heavy atom. The monoisotopic (exact) mass is 270 g/mol. The lowest BCUT2D eigenvalue weighted by Crippen LogP contribution is -2.41. The summed E-state index contributed by atoms with van der Waals surface area (Å²) >= 11 is 5.96. The van der Waals surface area contributed by atoms with Gasteiger partial charge in [0.25, 0.3) is 0 Å². The van der Waals surface area contributed by atoms with Gasteiger partial charge in [-0.1, -0.05) is 17.7 Å². The van der Waals surface area contributed by atoms with Crippen molar-refractivity contribution in [3.63, 3.8) is 0 Å². The molecular formula is C13H16ClFN2O. The van der Waals surface area contributed by atoms with Gasteiger partial charge in [-0.25, -0.2) is 4.39 Å². The third-order valence-corrected chi connectivity index (χ3v) is 3.49. The fourth-order valence-electron chi connectivity index (χ4n) is 2.15. The lowest BCUT2D eigenvalue weighted by atomic mass is 10.1. The first kappa shape index (κ1) is 13.3. The van der Waals surface area contributed by atoms with Crippen molar-refractivity contribution < 1.29 is 9.18 Å². The Morgan fingerprint density at radius 2 is 2.39 bits per heavy atom. The Labute approximate surface area is 111 Å². The molecule has 1 amide bonds. The summed E-state index contributed by atoms with van der Waals surface area (Å²) < 4.78 is 12.9. The summed E-state index contributed by atoms with van der Waals surface area (Å²) in [6.45, 7) is 2.72. The van der Waals surface area contributed by atoms with Gasteiger partial charge in [-0.3, -0.25) is 4.79 Å². The lowest BCUT2D eigenvalue weighted by Gasteiger charge is -2.18. The third-order valence-electron chi connectivity index (χ3n) is 3.16. The molecule has 18 heavy (non-hydrogen) atoms. The maximum absolute atomic E-state index is 12.9. The number of halogens is 2. The zero-order valence-corrected chi connectivity index (χ0v) is 10.9. The highest BCUT2D eigenvalue weighted by Crippen LogP contribution is 2.23. The van der Waals surface area contributed by atoms with Crippen LogP contribution in [0.15, 0.2) is 18.2 Å².